The fourth-order valence-electron chi connectivity index (χ4n) is 5.21. The van der Waals surface area contributed by atoms with Gasteiger partial charge in [0.25, 0.3) is 0 Å². The molecule has 13 heteroatoms. The summed E-state index contributed by atoms with van der Waals surface area (Å²) in [6, 6.07) is 10.0. The number of nitrogens with two attached hydrogens (primary N) is 2. The number of nitrogens with one attached hydrogen (secondary N) is 6. The van der Waals surface area contributed by atoms with Crippen LogP contribution in [0.4, 0.5) is 0 Å². The molecule has 0 bridgehead atoms. The van der Waals surface area contributed by atoms with Crippen molar-refractivity contribution in [3.63, 3.8) is 0 Å². The van der Waals surface area contributed by atoms with Crippen LogP contribution in [0.2, 0.25) is 0 Å². The van der Waals surface area contributed by atoms with Crippen LogP contribution in [0.1, 0.15) is 49.9 Å². The highest BCUT2D eigenvalue weighted by molar-refractivity contribution is 5.94. The highest BCUT2D eigenvalue weighted by Crippen LogP contribution is 2.23. The van der Waals surface area contributed by atoms with Gasteiger partial charge in [0.05, 0.1) is 12.1 Å². The fraction of sp³-hybridized carbons (Fsp3) is 0.424. The zero-order chi connectivity index (χ0) is 33.8. The van der Waals surface area contributed by atoms with Gasteiger partial charge < -0.3 is 42.8 Å². The first kappa shape index (κ1) is 35.6. The van der Waals surface area contributed by atoms with Gasteiger partial charge in [0, 0.05) is 29.6 Å². The Morgan fingerprint density at radius 2 is 1.61 bits per heavy atom. The second-order valence-corrected chi connectivity index (χ2v) is 11.9. The van der Waals surface area contributed by atoms with Crippen LogP contribution in [0.5, 0.6) is 5.75 Å². The molecule has 2 aromatic carbocycles. The Bertz CT molecular complexity index is 1500. The summed E-state index contributed by atoms with van der Waals surface area (Å²) in [7, 11) is 0. The van der Waals surface area contributed by atoms with Crippen molar-refractivity contribution in [1.29, 1.82) is 5.41 Å². The smallest absolute Gasteiger partial charge is 0.243 e. The minimum absolute atomic E-state index is 0.0112. The Morgan fingerprint density at radius 1 is 0.957 bits per heavy atom. The Morgan fingerprint density at radius 3 is 2.26 bits per heavy atom. The van der Waals surface area contributed by atoms with E-state index in [1.54, 1.807) is 12.1 Å². The molecular weight excluding hydrogens is 588 g/mol. The number of aromatic amines is 1. The molecule has 0 spiro atoms. The number of benzene rings is 2. The molecule has 4 atom stereocenters. The van der Waals surface area contributed by atoms with Gasteiger partial charge in [-0.15, -0.1) is 0 Å². The lowest BCUT2D eigenvalue weighted by atomic mass is 9.98. The predicted octanol–water partition coefficient (Wildman–Crippen LogP) is 1.17. The lowest BCUT2D eigenvalue weighted by Gasteiger charge is -2.26. The highest BCUT2D eigenvalue weighted by atomic mass is 16.3. The van der Waals surface area contributed by atoms with Gasteiger partial charge in [-0.05, 0) is 67.9 Å². The first-order chi connectivity index (χ1) is 21.9. The molecule has 0 fully saturated rings. The van der Waals surface area contributed by atoms with E-state index < -0.39 is 41.9 Å². The van der Waals surface area contributed by atoms with Crippen LogP contribution in [0, 0.1) is 18.3 Å². The average molecular weight is 634 g/mol. The number of aryl methyl sites for hydroxylation is 1. The van der Waals surface area contributed by atoms with E-state index in [0.29, 0.717) is 13.0 Å². The van der Waals surface area contributed by atoms with Crippen LogP contribution >= 0.6 is 0 Å². The van der Waals surface area contributed by atoms with E-state index in [9.17, 15) is 24.3 Å². The van der Waals surface area contributed by atoms with Crippen LogP contribution < -0.4 is 32.7 Å². The van der Waals surface area contributed by atoms with E-state index in [4.69, 9.17) is 16.9 Å². The standard InChI is InChI=1S/C33H45N8O5/c1-19(2)15-28(31(45)39-22(18-42)7-6-14-37-33(35)36)41-32(46)29(17-25-20(3)38-27-9-5-4-8-24(25)27)40-30(44)26(34)16-21-10-12-23(43)13-11-21/h4-5,8-13,19,22,26,28-29,38,43H,6-7,14-17,34H2,1-3H3,(H,39,45)(H,40,44)(H,41,46)(H4,35,36,37)/t22-,26-,28-,29+/m0/s1. The third kappa shape index (κ3) is 10.6. The number of amides is 3. The van der Waals surface area contributed by atoms with Crippen LogP contribution in [0.3, 0.4) is 0 Å². The average Bonchev–Trinajstić information content (AvgIpc) is 3.32. The van der Waals surface area contributed by atoms with Crippen LogP contribution in [0.15, 0.2) is 48.5 Å². The van der Waals surface area contributed by atoms with Crippen molar-refractivity contribution >= 4 is 40.9 Å². The number of para-hydroxylation sites is 1. The summed E-state index contributed by atoms with van der Waals surface area (Å²) in [5, 5.41) is 28.6. The second kappa shape index (κ2) is 17.0. The van der Waals surface area contributed by atoms with Crippen molar-refractivity contribution in [2.75, 3.05) is 6.54 Å². The molecule has 0 aliphatic carbocycles. The number of phenols is 1. The van der Waals surface area contributed by atoms with E-state index in [1.807, 2.05) is 51.3 Å². The van der Waals surface area contributed by atoms with Gasteiger partial charge in [-0.25, -0.2) is 0 Å². The molecule has 0 aliphatic heterocycles. The van der Waals surface area contributed by atoms with E-state index in [1.165, 1.54) is 12.1 Å². The summed E-state index contributed by atoms with van der Waals surface area (Å²) in [6.45, 7) is 6.04. The molecule has 0 unspecified atom stereocenters. The molecule has 46 heavy (non-hydrogen) atoms. The van der Waals surface area contributed by atoms with E-state index in [0.717, 1.165) is 27.7 Å². The largest absolute Gasteiger partial charge is 0.508 e. The summed E-state index contributed by atoms with van der Waals surface area (Å²) in [5.41, 5.74) is 14.8. The Labute approximate surface area is 268 Å². The maximum Gasteiger partial charge on any atom is 0.243 e. The number of H-pyrrole nitrogens is 1. The molecule has 3 rings (SSSR count). The number of carbonyl (C=O) groups excluding carboxylic acids is 4. The number of aromatic nitrogens is 1. The maximum absolute atomic E-state index is 13.9. The SMILES string of the molecule is Cc1[nH]c2ccccc2c1C[C@@H](NC(=O)[C@@H](N)Cc1ccc(O)cc1)C(=O)N[C@@H](CC(C)C)C(=O)N[C@H]([C]=O)CCCNC(=N)N. The van der Waals surface area contributed by atoms with Crippen molar-refractivity contribution in [3.05, 3.63) is 65.4 Å². The Kier molecular flexibility index (Phi) is 13.1. The first-order valence-electron chi connectivity index (χ1n) is 15.3. The molecule has 3 amide bonds. The molecule has 0 saturated carbocycles. The summed E-state index contributed by atoms with van der Waals surface area (Å²) < 4.78 is 0. The molecule has 11 N–H and O–H groups in total. The summed E-state index contributed by atoms with van der Waals surface area (Å²) in [6.07, 6.45) is 3.12. The van der Waals surface area contributed by atoms with Gasteiger partial charge in [0.2, 0.25) is 24.0 Å². The third-order valence-electron chi connectivity index (χ3n) is 7.58. The number of guanidine groups is 1. The first-order valence-corrected chi connectivity index (χ1v) is 15.3. The number of rotatable bonds is 17. The van der Waals surface area contributed by atoms with E-state index in [2.05, 4.69) is 26.3 Å². The lowest BCUT2D eigenvalue weighted by Crippen LogP contribution is -2.57. The van der Waals surface area contributed by atoms with Gasteiger partial charge >= 0.3 is 0 Å². The number of carbonyl (C=O) groups is 3. The zero-order valence-corrected chi connectivity index (χ0v) is 26.5. The van der Waals surface area contributed by atoms with E-state index >= 15 is 0 Å². The summed E-state index contributed by atoms with van der Waals surface area (Å²) >= 11 is 0. The molecule has 1 aromatic heterocycles. The Hall–Kier alpha value is -4.91. The zero-order valence-electron chi connectivity index (χ0n) is 26.5. The van der Waals surface area contributed by atoms with Gasteiger partial charge in [-0.1, -0.05) is 44.2 Å². The monoisotopic (exact) mass is 633 g/mol. The molecule has 247 valence electrons. The quantitative estimate of drug-likeness (QED) is 0.0594. The second-order valence-electron chi connectivity index (χ2n) is 11.9. The van der Waals surface area contributed by atoms with Gasteiger partial charge in [-0.2, -0.15) is 0 Å². The molecule has 0 aliphatic rings. The minimum atomic E-state index is -1.08. The number of phenolic OH excluding ortho intramolecular Hbond substituents is 1. The molecular formula is C33H45N8O5. The number of fused-ring (bicyclic) bond motifs is 1. The number of aromatic hydroxyl groups is 1. The van der Waals surface area contributed by atoms with Gasteiger partial charge in [-0.3, -0.25) is 24.6 Å². The topological polar surface area (TPSA) is 228 Å². The van der Waals surface area contributed by atoms with Crippen molar-refractivity contribution in [2.45, 2.75) is 77.0 Å². The minimum Gasteiger partial charge on any atom is -0.508 e. The lowest BCUT2D eigenvalue weighted by molar-refractivity contribution is -0.132. The van der Waals surface area contributed by atoms with Crippen molar-refractivity contribution in [1.82, 2.24) is 26.3 Å². The molecule has 13 nitrogen and oxygen atoms in total. The van der Waals surface area contributed by atoms with Crippen molar-refractivity contribution in [2.24, 2.45) is 17.4 Å². The number of hydrogen-bond acceptors (Lipinski definition) is 7. The van der Waals surface area contributed by atoms with Gasteiger partial charge in [0.15, 0.2) is 5.96 Å². The fourth-order valence-corrected chi connectivity index (χ4v) is 5.21. The summed E-state index contributed by atoms with van der Waals surface area (Å²) in [5.74, 6) is -1.76. The highest BCUT2D eigenvalue weighted by Gasteiger charge is 2.31. The number of hydrogen-bond donors (Lipinski definition) is 9. The van der Waals surface area contributed by atoms with Gasteiger partial charge in [0.1, 0.15) is 17.8 Å². The van der Waals surface area contributed by atoms with E-state index in [-0.39, 0.29) is 43.3 Å². The van der Waals surface area contributed by atoms with Crippen LogP contribution in [-0.4, -0.2) is 70.8 Å². The predicted molar refractivity (Wildman–Crippen MR) is 177 cm³/mol. The molecule has 1 radical (unpaired) electrons. The Balaban J connectivity index is 1.81. The molecule has 1 heterocycles. The van der Waals surface area contributed by atoms with Crippen LogP contribution in [0.25, 0.3) is 10.9 Å². The maximum atomic E-state index is 13.9. The normalized spacial score (nSPS) is 13.8. The summed E-state index contributed by atoms with van der Waals surface area (Å²) in [4.78, 5) is 55.5. The van der Waals surface area contributed by atoms with Crippen LogP contribution in [-0.2, 0) is 32.0 Å². The molecule has 0 saturated heterocycles. The molecule has 3 aromatic rings. The van der Waals surface area contributed by atoms with Crippen molar-refractivity contribution in [3.8, 4) is 5.75 Å². The third-order valence-corrected chi connectivity index (χ3v) is 7.58. The van der Waals surface area contributed by atoms with Crippen molar-refractivity contribution < 1.29 is 24.3 Å².